The second-order valence-corrected chi connectivity index (χ2v) is 5.08. The van der Waals surface area contributed by atoms with E-state index in [0.717, 1.165) is 17.9 Å². The van der Waals surface area contributed by atoms with Crippen LogP contribution in [-0.2, 0) is 17.8 Å². The van der Waals surface area contributed by atoms with Crippen LogP contribution in [0.1, 0.15) is 12.6 Å². The molecule has 0 saturated heterocycles. The number of carbonyl (C=O) groups is 1. The van der Waals surface area contributed by atoms with Gasteiger partial charge in [-0.1, -0.05) is 6.92 Å². The molecule has 0 saturated carbocycles. The van der Waals surface area contributed by atoms with Gasteiger partial charge in [0.25, 0.3) is 11.5 Å². The number of carbonyl (C=O) groups excluding carboxylic acids is 1. The molecule has 2 aromatic rings. The van der Waals surface area contributed by atoms with Crippen LogP contribution in [0.4, 0.5) is 0 Å². The molecule has 0 unspecified atom stereocenters. The molecule has 0 bridgehead atoms. The highest BCUT2D eigenvalue weighted by Crippen LogP contribution is 2.16. The zero-order chi connectivity index (χ0) is 17.4. The molecule has 1 N–H and O–H groups in total. The van der Waals surface area contributed by atoms with Crippen LogP contribution in [0.25, 0.3) is 0 Å². The summed E-state index contributed by atoms with van der Waals surface area (Å²) in [5, 5.41) is 2.70. The Kier molecular flexibility index (Phi) is 6.36. The molecule has 128 valence electrons. The molecule has 0 spiro atoms. The Morgan fingerprint density at radius 3 is 2.58 bits per heavy atom. The number of methoxy groups -OCH3 is 1. The highest BCUT2D eigenvalue weighted by atomic mass is 16.5. The van der Waals surface area contributed by atoms with Crippen molar-refractivity contribution in [2.75, 3.05) is 20.3 Å². The number of nitrogens with zero attached hydrogens (tertiary/aromatic N) is 2. The smallest absolute Gasteiger partial charge is 0.258 e. The molecular weight excluding hydrogens is 310 g/mol. The Bertz CT molecular complexity index is 725. The van der Waals surface area contributed by atoms with Crippen molar-refractivity contribution >= 4 is 5.91 Å². The van der Waals surface area contributed by atoms with E-state index in [1.807, 2.05) is 6.92 Å². The second-order valence-electron chi connectivity index (χ2n) is 5.08. The first-order chi connectivity index (χ1) is 11.6. The number of benzene rings is 1. The maximum Gasteiger partial charge on any atom is 0.258 e. The average Bonchev–Trinajstić information content (AvgIpc) is 2.61. The van der Waals surface area contributed by atoms with E-state index in [9.17, 15) is 9.59 Å². The number of hydrogen-bond acceptors (Lipinski definition) is 5. The first-order valence-electron chi connectivity index (χ1n) is 7.71. The van der Waals surface area contributed by atoms with Crippen LogP contribution in [0.5, 0.6) is 11.5 Å². The number of aromatic nitrogens is 2. The third kappa shape index (κ3) is 5.12. The van der Waals surface area contributed by atoms with Gasteiger partial charge in [0.2, 0.25) is 0 Å². The Hall–Kier alpha value is -2.83. The Balaban J connectivity index is 1.74. The molecule has 7 nitrogen and oxygen atoms in total. The summed E-state index contributed by atoms with van der Waals surface area (Å²) >= 11 is 0. The van der Waals surface area contributed by atoms with E-state index in [2.05, 4.69) is 10.3 Å². The van der Waals surface area contributed by atoms with Crippen molar-refractivity contribution in [3.05, 3.63) is 52.7 Å². The fourth-order valence-corrected chi connectivity index (χ4v) is 2.01. The summed E-state index contributed by atoms with van der Waals surface area (Å²) in [6, 6.07) is 8.48. The first-order valence-corrected chi connectivity index (χ1v) is 7.71. The molecule has 0 aliphatic heterocycles. The van der Waals surface area contributed by atoms with Crippen LogP contribution < -0.4 is 20.3 Å². The van der Waals surface area contributed by atoms with Gasteiger partial charge in [0.1, 0.15) is 11.5 Å². The van der Waals surface area contributed by atoms with Crippen molar-refractivity contribution in [1.29, 1.82) is 0 Å². The molecule has 1 aromatic heterocycles. The van der Waals surface area contributed by atoms with E-state index in [1.54, 1.807) is 31.4 Å². The van der Waals surface area contributed by atoms with Gasteiger partial charge >= 0.3 is 0 Å². The van der Waals surface area contributed by atoms with Crippen molar-refractivity contribution in [2.24, 2.45) is 0 Å². The maximum atomic E-state index is 11.8. The number of amides is 1. The lowest BCUT2D eigenvalue weighted by Crippen LogP contribution is -2.33. The summed E-state index contributed by atoms with van der Waals surface area (Å²) in [5.41, 5.74) is 0.638. The third-order valence-electron chi connectivity index (χ3n) is 3.40. The van der Waals surface area contributed by atoms with Gasteiger partial charge in [-0.15, -0.1) is 0 Å². The summed E-state index contributed by atoms with van der Waals surface area (Å²) in [6.07, 6.45) is 2.22. The van der Waals surface area contributed by atoms with Gasteiger partial charge < -0.3 is 14.8 Å². The van der Waals surface area contributed by atoms with Gasteiger partial charge in [0.05, 0.1) is 13.4 Å². The summed E-state index contributed by atoms with van der Waals surface area (Å²) in [7, 11) is 1.58. The standard InChI is InChI=1S/C17H21N3O4/c1-3-13-10-17(22)20(12-19-13)9-8-18-16(21)11-24-15-6-4-14(23-2)5-7-15/h4-7,10,12H,3,8-9,11H2,1-2H3,(H,18,21). The SMILES string of the molecule is CCc1cc(=O)n(CCNC(=O)COc2ccc(OC)cc2)cn1. The molecule has 1 heterocycles. The van der Waals surface area contributed by atoms with Crippen molar-refractivity contribution in [1.82, 2.24) is 14.9 Å². The highest BCUT2D eigenvalue weighted by Gasteiger charge is 2.04. The monoisotopic (exact) mass is 331 g/mol. The van der Waals surface area contributed by atoms with Gasteiger partial charge in [-0.3, -0.25) is 14.2 Å². The number of ether oxygens (including phenoxy) is 2. The number of nitrogens with one attached hydrogen (secondary N) is 1. The van der Waals surface area contributed by atoms with Gasteiger partial charge in [0.15, 0.2) is 6.61 Å². The first kappa shape index (κ1) is 17.5. The topological polar surface area (TPSA) is 82.5 Å². The maximum absolute atomic E-state index is 11.8. The predicted octanol–water partition coefficient (Wildman–Crippen LogP) is 1.01. The summed E-state index contributed by atoms with van der Waals surface area (Å²) in [4.78, 5) is 27.7. The lowest BCUT2D eigenvalue weighted by atomic mass is 10.3. The van der Waals surface area contributed by atoms with Crippen LogP contribution in [0.3, 0.4) is 0 Å². The van der Waals surface area contributed by atoms with E-state index in [0.29, 0.717) is 18.8 Å². The minimum absolute atomic E-state index is 0.0890. The van der Waals surface area contributed by atoms with E-state index in [-0.39, 0.29) is 18.1 Å². The van der Waals surface area contributed by atoms with Crippen molar-refractivity contribution in [2.45, 2.75) is 19.9 Å². The van der Waals surface area contributed by atoms with Crippen LogP contribution >= 0.6 is 0 Å². The van der Waals surface area contributed by atoms with E-state index in [1.165, 1.54) is 17.0 Å². The normalized spacial score (nSPS) is 10.2. The third-order valence-corrected chi connectivity index (χ3v) is 3.40. The Morgan fingerprint density at radius 1 is 1.25 bits per heavy atom. The van der Waals surface area contributed by atoms with Crippen molar-refractivity contribution in [3.8, 4) is 11.5 Å². The second kappa shape index (κ2) is 8.71. The van der Waals surface area contributed by atoms with Gasteiger partial charge in [-0.2, -0.15) is 0 Å². The van der Waals surface area contributed by atoms with Crippen LogP contribution in [-0.4, -0.2) is 35.7 Å². The average molecular weight is 331 g/mol. The predicted molar refractivity (Wildman–Crippen MR) is 89.4 cm³/mol. The molecule has 0 radical (unpaired) electrons. The molecule has 0 aliphatic carbocycles. The van der Waals surface area contributed by atoms with E-state index in [4.69, 9.17) is 9.47 Å². The summed E-state index contributed by atoms with van der Waals surface area (Å²) < 4.78 is 11.9. The minimum atomic E-state index is -0.253. The lowest BCUT2D eigenvalue weighted by Gasteiger charge is -2.09. The van der Waals surface area contributed by atoms with Crippen LogP contribution in [0.15, 0.2) is 41.5 Å². The molecule has 1 amide bonds. The Morgan fingerprint density at radius 2 is 1.96 bits per heavy atom. The lowest BCUT2D eigenvalue weighted by molar-refractivity contribution is -0.123. The van der Waals surface area contributed by atoms with Gasteiger partial charge in [-0.05, 0) is 30.7 Å². The minimum Gasteiger partial charge on any atom is -0.497 e. The molecule has 1 aromatic carbocycles. The van der Waals surface area contributed by atoms with Crippen LogP contribution in [0.2, 0.25) is 0 Å². The largest absolute Gasteiger partial charge is 0.497 e. The number of hydrogen-bond donors (Lipinski definition) is 1. The number of aryl methyl sites for hydroxylation is 1. The Labute approximate surface area is 140 Å². The highest BCUT2D eigenvalue weighted by molar-refractivity contribution is 5.77. The van der Waals surface area contributed by atoms with Crippen molar-refractivity contribution < 1.29 is 14.3 Å². The molecule has 7 heteroatoms. The zero-order valence-corrected chi connectivity index (χ0v) is 13.8. The quantitative estimate of drug-likeness (QED) is 0.780. The molecule has 0 atom stereocenters. The molecule has 0 aliphatic rings. The van der Waals surface area contributed by atoms with E-state index >= 15 is 0 Å². The van der Waals surface area contributed by atoms with Crippen molar-refractivity contribution in [3.63, 3.8) is 0 Å². The van der Waals surface area contributed by atoms with Gasteiger partial charge in [-0.25, -0.2) is 4.98 Å². The van der Waals surface area contributed by atoms with Crippen LogP contribution in [0, 0.1) is 0 Å². The fourth-order valence-electron chi connectivity index (χ4n) is 2.01. The fraction of sp³-hybridized carbons (Fsp3) is 0.353. The zero-order valence-electron chi connectivity index (χ0n) is 13.8. The van der Waals surface area contributed by atoms with E-state index < -0.39 is 0 Å². The molecule has 24 heavy (non-hydrogen) atoms. The summed E-state index contributed by atoms with van der Waals surface area (Å²) in [5.74, 6) is 1.05. The number of rotatable bonds is 8. The summed E-state index contributed by atoms with van der Waals surface area (Å²) in [6.45, 7) is 2.55. The van der Waals surface area contributed by atoms with Gasteiger partial charge in [0, 0.05) is 24.8 Å². The molecular formula is C17H21N3O4. The molecule has 0 fully saturated rings. The molecule has 2 rings (SSSR count).